The summed E-state index contributed by atoms with van der Waals surface area (Å²) in [5, 5.41) is 2.25. The molecule has 0 bridgehead atoms. The highest BCUT2D eigenvalue weighted by Crippen LogP contribution is 2.27. The number of fused-ring (bicyclic) bond motifs is 3. The molecular weight excluding hydrogens is 236 g/mol. The third kappa shape index (κ3) is 1.57. The molecule has 3 heterocycles. The van der Waals surface area contributed by atoms with Crippen molar-refractivity contribution < 1.29 is 0 Å². The molecule has 1 N–H and O–H groups in total. The Morgan fingerprint density at radius 1 is 0.842 bits per heavy atom. The summed E-state index contributed by atoms with van der Waals surface area (Å²) in [6.45, 7) is 0. The molecule has 90 valence electrons. The zero-order chi connectivity index (χ0) is 12.7. The number of nitrogens with zero attached hydrogens (tertiary/aromatic N) is 3. The average Bonchev–Trinajstić information content (AvgIpc) is 2.93. The van der Waals surface area contributed by atoms with Crippen molar-refractivity contribution in [2.75, 3.05) is 0 Å². The van der Waals surface area contributed by atoms with E-state index in [1.54, 1.807) is 18.6 Å². The Hall–Kier alpha value is -2.75. The van der Waals surface area contributed by atoms with Crippen molar-refractivity contribution >= 4 is 21.8 Å². The van der Waals surface area contributed by atoms with E-state index in [2.05, 4.69) is 38.1 Å². The molecule has 4 aromatic rings. The van der Waals surface area contributed by atoms with Crippen LogP contribution in [0.5, 0.6) is 0 Å². The lowest BCUT2D eigenvalue weighted by Gasteiger charge is -1.97. The fourth-order valence-corrected chi connectivity index (χ4v) is 2.31. The summed E-state index contributed by atoms with van der Waals surface area (Å²) < 4.78 is 0. The molecule has 0 saturated heterocycles. The van der Waals surface area contributed by atoms with E-state index >= 15 is 0 Å². The van der Waals surface area contributed by atoms with Gasteiger partial charge in [-0.05, 0) is 30.3 Å². The van der Waals surface area contributed by atoms with Crippen molar-refractivity contribution in [1.29, 1.82) is 0 Å². The van der Waals surface area contributed by atoms with Crippen LogP contribution in [0.3, 0.4) is 0 Å². The number of nitrogens with one attached hydrogen (secondary N) is 1. The molecule has 0 atom stereocenters. The van der Waals surface area contributed by atoms with Gasteiger partial charge >= 0.3 is 0 Å². The minimum absolute atomic E-state index is 0.704. The van der Waals surface area contributed by atoms with E-state index in [9.17, 15) is 0 Å². The molecule has 4 heteroatoms. The zero-order valence-electron chi connectivity index (χ0n) is 10.0. The summed E-state index contributed by atoms with van der Waals surface area (Å²) >= 11 is 0. The average molecular weight is 246 g/mol. The van der Waals surface area contributed by atoms with E-state index in [4.69, 9.17) is 0 Å². The molecule has 1 aromatic carbocycles. The summed E-state index contributed by atoms with van der Waals surface area (Å²) in [4.78, 5) is 16.3. The van der Waals surface area contributed by atoms with Crippen LogP contribution in [-0.2, 0) is 0 Å². The Balaban J connectivity index is 2.04. The standard InChI is InChI=1S/C15H10N4/c1-3-11-12(16-6-1)5-4-10-9-13(19-14(10)11)15-17-7-2-8-18-15/h1-9,19H. The van der Waals surface area contributed by atoms with Crippen LogP contribution in [0.25, 0.3) is 33.3 Å². The van der Waals surface area contributed by atoms with E-state index in [1.807, 2.05) is 18.2 Å². The van der Waals surface area contributed by atoms with Gasteiger partial charge in [0.2, 0.25) is 0 Å². The third-order valence-corrected chi connectivity index (χ3v) is 3.18. The Labute approximate surface area is 109 Å². The summed E-state index contributed by atoms with van der Waals surface area (Å²) in [7, 11) is 0. The predicted molar refractivity (Wildman–Crippen MR) is 74.6 cm³/mol. The van der Waals surface area contributed by atoms with Crippen molar-refractivity contribution in [3.8, 4) is 11.5 Å². The van der Waals surface area contributed by atoms with E-state index in [0.29, 0.717) is 5.82 Å². The van der Waals surface area contributed by atoms with E-state index in [1.165, 1.54) is 0 Å². The van der Waals surface area contributed by atoms with Crippen LogP contribution in [0.15, 0.2) is 55.0 Å². The highest BCUT2D eigenvalue weighted by Gasteiger charge is 2.08. The largest absolute Gasteiger partial charge is 0.351 e. The maximum Gasteiger partial charge on any atom is 0.175 e. The molecule has 0 unspecified atom stereocenters. The van der Waals surface area contributed by atoms with Gasteiger partial charge in [-0.2, -0.15) is 0 Å². The number of hydrogen-bond donors (Lipinski definition) is 1. The molecule has 4 nitrogen and oxygen atoms in total. The Morgan fingerprint density at radius 2 is 1.68 bits per heavy atom. The van der Waals surface area contributed by atoms with Crippen LogP contribution in [0.1, 0.15) is 0 Å². The Bertz CT molecular complexity index is 865. The normalized spacial score (nSPS) is 11.2. The zero-order valence-corrected chi connectivity index (χ0v) is 10.0. The molecule has 0 aliphatic carbocycles. The van der Waals surface area contributed by atoms with Gasteiger partial charge < -0.3 is 4.98 Å². The van der Waals surface area contributed by atoms with E-state index < -0.39 is 0 Å². The Kier molecular flexibility index (Phi) is 2.08. The van der Waals surface area contributed by atoms with Crippen LogP contribution in [-0.4, -0.2) is 19.9 Å². The highest BCUT2D eigenvalue weighted by molar-refractivity contribution is 6.05. The monoisotopic (exact) mass is 246 g/mol. The van der Waals surface area contributed by atoms with E-state index in [-0.39, 0.29) is 0 Å². The second-order valence-electron chi connectivity index (χ2n) is 4.36. The van der Waals surface area contributed by atoms with Gasteiger partial charge in [0.05, 0.1) is 16.7 Å². The minimum Gasteiger partial charge on any atom is -0.351 e. The highest BCUT2D eigenvalue weighted by atomic mass is 14.9. The molecular formula is C15H10N4. The van der Waals surface area contributed by atoms with Crippen molar-refractivity contribution in [2.45, 2.75) is 0 Å². The third-order valence-electron chi connectivity index (χ3n) is 3.18. The lowest BCUT2D eigenvalue weighted by Crippen LogP contribution is -1.85. The number of benzene rings is 1. The first-order valence-electron chi connectivity index (χ1n) is 6.06. The molecule has 0 aliphatic heterocycles. The maximum absolute atomic E-state index is 4.36. The molecule has 19 heavy (non-hydrogen) atoms. The first-order valence-corrected chi connectivity index (χ1v) is 6.06. The first kappa shape index (κ1) is 10.2. The lowest BCUT2D eigenvalue weighted by atomic mass is 10.1. The van der Waals surface area contributed by atoms with E-state index in [0.717, 1.165) is 27.5 Å². The summed E-state index contributed by atoms with van der Waals surface area (Å²) in [5.41, 5.74) is 2.98. The van der Waals surface area contributed by atoms with Gasteiger partial charge in [0, 0.05) is 29.4 Å². The van der Waals surface area contributed by atoms with Crippen molar-refractivity contribution in [3.05, 3.63) is 55.0 Å². The summed E-state index contributed by atoms with van der Waals surface area (Å²) in [6, 6.07) is 12.0. The molecule has 0 fully saturated rings. The predicted octanol–water partition coefficient (Wildman–Crippen LogP) is 3.17. The number of rotatable bonds is 1. The number of H-pyrrole nitrogens is 1. The number of pyridine rings is 1. The second kappa shape index (κ2) is 3.88. The minimum atomic E-state index is 0.704. The molecule has 0 radical (unpaired) electrons. The Morgan fingerprint density at radius 3 is 2.58 bits per heavy atom. The molecule has 0 saturated carbocycles. The van der Waals surface area contributed by atoms with Crippen molar-refractivity contribution in [2.24, 2.45) is 0 Å². The molecule has 0 spiro atoms. The fraction of sp³-hybridized carbons (Fsp3) is 0. The van der Waals surface area contributed by atoms with Crippen molar-refractivity contribution in [3.63, 3.8) is 0 Å². The molecule has 0 aliphatic rings. The quantitative estimate of drug-likeness (QED) is 0.561. The van der Waals surface area contributed by atoms with Gasteiger partial charge in [0.1, 0.15) is 0 Å². The number of aromatic amines is 1. The van der Waals surface area contributed by atoms with Crippen LogP contribution in [0.2, 0.25) is 0 Å². The second-order valence-corrected chi connectivity index (χ2v) is 4.36. The summed E-state index contributed by atoms with van der Waals surface area (Å²) in [6.07, 6.45) is 5.29. The fourth-order valence-electron chi connectivity index (χ4n) is 2.31. The van der Waals surface area contributed by atoms with Gasteiger partial charge in [0.25, 0.3) is 0 Å². The lowest BCUT2D eigenvalue weighted by molar-refractivity contribution is 1.16. The first-order chi connectivity index (χ1) is 9.42. The van der Waals surface area contributed by atoms with Gasteiger partial charge in [-0.15, -0.1) is 0 Å². The van der Waals surface area contributed by atoms with Gasteiger partial charge in [-0.1, -0.05) is 6.07 Å². The topological polar surface area (TPSA) is 54.5 Å². The number of aromatic nitrogens is 4. The maximum atomic E-state index is 4.36. The molecule has 3 aromatic heterocycles. The van der Waals surface area contributed by atoms with Crippen LogP contribution >= 0.6 is 0 Å². The number of hydrogen-bond acceptors (Lipinski definition) is 3. The van der Waals surface area contributed by atoms with Gasteiger partial charge in [0.15, 0.2) is 5.82 Å². The smallest absolute Gasteiger partial charge is 0.175 e. The van der Waals surface area contributed by atoms with Crippen LogP contribution in [0, 0.1) is 0 Å². The molecule has 0 amide bonds. The molecule has 4 rings (SSSR count). The van der Waals surface area contributed by atoms with Crippen LogP contribution in [0.4, 0.5) is 0 Å². The van der Waals surface area contributed by atoms with Gasteiger partial charge in [-0.3, -0.25) is 4.98 Å². The van der Waals surface area contributed by atoms with Crippen molar-refractivity contribution in [1.82, 2.24) is 19.9 Å². The van der Waals surface area contributed by atoms with Crippen LogP contribution < -0.4 is 0 Å². The SMILES string of the molecule is c1cnc(-c2cc3ccc4ncccc4c3[nH]2)nc1. The summed E-state index contributed by atoms with van der Waals surface area (Å²) in [5.74, 6) is 0.704. The van der Waals surface area contributed by atoms with Gasteiger partial charge in [-0.25, -0.2) is 9.97 Å².